The summed E-state index contributed by atoms with van der Waals surface area (Å²) in [7, 11) is 0. The van der Waals surface area contributed by atoms with Crippen molar-refractivity contribution in [3.63, 3.8) is 0 Å². The lowest BCUT2D eigenvalue weighted by Gasteiger charge is -2.39. The van der Waals surface area contributed by atoms with Gasteiger partial charge < -0.3 is 10.2 Å². The van der Waals surface area contributed by atoms with Crippen molar-refractivity contribution < 1.29 is 10.2 Å². The molecule has 1 fully saturated rings. The molecule has 0 heterocycles. The number of rotatable bonds is 0. The first-order chi connectivity index (χ1) is 7.74. The topological polar surface area (TPSA) is 40.5 Å². The van der Waals surface area contributed by atoms with Crippen LogP contribution in [-0.2, 0) is 0 Å². The number of allylic oxidation sites excluding steroid dienone is 5. The summed E-state index contributed by atoms with van der Waals surface area (Å²) in [5.74, 6) is 1.73. The Morgan fingerprint density at radius 1 is 1.06 bits per heavy atom. The minimum Gasteiger partial charge on any atom is -0.512 e. The molecule has 0 radical (unpaired) electrons. The lowest BCUT2D eigenvalue weighted by atomic mass is 9.67. The van der Waals surface area contributed by atoms with Gasteiger partial charge in [-0.25, -0.2) is 0 Å². The molecule has 3 atom stereocenters. The Labute approximate surface area is 96.0 Å². The van der Waals surface area contributed by atoms with Crippen LogP contribution in [0.25, 0.3) is 0 Å². The van der Waals surface area contributed by atoms with E-state index >= 15 is 0 Å². The molecule has 3 aliphatic rings. The van der Waals surface area contributed by atoms with Crippen molar-refractivity contribution in [1.82, 2.24) is 0 Å². The summed E-state index contributed by atoms with van der Waals surface area (Å²) in [6.45, 7) is 0. The lowest BCUT2D eigenvalue weighted by molar-refractivity contribution is 0.124. The van der Waals surface area contributed by atoms with Crippen LogP contribution >= 0.6 is 0 Å². The predicted octanol–water partition coefficient (Wildman–Crippen LogP) is 2.87. The molecule has 0 aromatic carbocycles. The molecule has 2 N–H and O–H groups in total. The van der Waals surface area contributed by atoms with E-state index in [1.165, 1.54) is 11.1 Å². The maximum atomic E-state index is 9.67. The van der Waals surface area contributed by atoms with Gasteiger partial charge in [0, 0.05) is 6.42 Å². The normalized spacial score (nSPS) is 37.8. The Morgan fingerprint density at radius 3 is 2.81 bits per heavy atom. The van der Waals surface area contributed by atoms with Crippen LogP contribution < -0.4 is 0 Å². The quantitative estimate of drug-likeness (QED) is 0.656. The fraction of sp³-hybridized carbons (Fsp3) is 0.571. The fourth-order valence-corrected chi connectivity index (χ4v) is 3.38. The molecule has 0 bridgehead atoms. The Hall–Kier alpha value is -1.02. The highest BCUT2D eigenvalue weighted by atomic mass is 16.3. The molecule has 16 heavy (non-hydrogen) atoms. The van der Waals surface area contributed by atoms with Gasteiger partial charge in [0.15, 0.2) is 0 Å². The molecule has 0 spiro atoms. The van der Waals surface area contributed by atoms with Crippen LogP contribution in [0.1, 0.15) is 32.1 Å². The van der Waals surface area contributed by atoms with Crippen molar-refractivity contribution >= 4 is 0 Å². The van der Waals surface area contributed by atoms with E-state index in [9.17, 15) is 10.2 Å². The molecular formula is C14H18O2. The molecule has 3 aliphatic carbocycles. The Morgan fingerprint density at radius 2 is 1.94 bits per heavy atom. The third kappa shape index (κ3) is 1.61. The summed E-state index contributed by atoms with van der Waals surface area (Å²) in [5, 5.41) is 19.2. The predicted molar refractivity (Wildman–Crippen MR) is 62.9 cm³/mol. The number of aliphatic hydroxyl groups excluding tert-OH is 2. The molecule has 0 aromatic rings. The third-order valence-corrected chi connectivity index (χ3v) is 4.21. The molecule has 0 saturated heterocycles. The van der Waals surface area contributed by atoms with Crippen LogP contribution in [0, 0.1) is 11.8 Å². The minimum absolute atomic E-state index is 0.134. The molecule has 0 amide bonds. The molecule has 1 saturated carbocycles. The van der Waals surface area contributed by atoms with E-state index in [1.807, 2.05) is 6.08 Å². The van der Waals surface area contributed by atoms with Crippen LogP contribution in [0.3, 0.4) is 0 Å². The molecule has 0 aliphatic heterocycles. The van der Waals surface area contributed by atoms with E-state index in [1.54, 1.807) is 0 Å². The van der Waals surface area contributed by atoms with Gasteiger partial charge in [0.25, 0.3) is 0 Å². The summed E-state index contributed by atoms with van der Waals surface area (Å²) in [6, 6.07) is 0. The van der Waals surface area contributed by atoms with Crippen LogP contribution in [0.15, 0.2) is 35.1 Å². The van der Waals surface area contributed by atoms with Crippen molar-refractivity contribution in [2.45, 2.75) is 38.2 Å². The highest BCUT2D eigenvalue weighted by Crippen LogP contribution is 2.45. The molecule has 86 valence electrons. The van der Waals surface area contributed by atoms with E-state index in [0.29, 0.717) is 17.6 Å². The molecule has 0 aromatic heterocycles. The van der Waals surface area contributed by atoms with Gasteiger partial charge in [-0.05, 0) is 49.2 Å². The number of fused-ring (bicyclic) bond motifs is 3. The zero-order chi connectivity index (χ0) is 11.1. The standard InChI is InChI=1S/C14H18O2/c15-11-3-5-13-9(7-11)1-2-10-8-12(16)4-6-14(10)13/h1-2,7,12-16H,3-6,8H2. The maximum Gasteiger partial charge on any atom is 0.0925 e. The SMILES string of the molecule is OC1=CC2=CC=C3CC(O)CCC3C2CC1. The van der Waals surface area contributed by atoms with Crippen molar-refractivity contribution in [2.24, 2.45) is 11.8 Å². The molecule has 2 heteroatoms. The van der Waals surface area contributed by atoms with Gasteiger partial charge in [0.1, 0.15) is 0 Å². The summed E-state index contributed by atoms with van der Waals surface area (Å²) >= 11 is 0. The molecule has 3 rings (SSSR count). The van der Waals surface area contributed by atoms with Crippen LogP contribution in [0.2, 0.25) is 0 Å². The minimum atomic E-state index is -0.134. The number of aliphatic hydroxyl groups is 2. The second-order valence-electron chi connectivity index (χ2n) is 5.23. The van der Waals surface area contributed by atoms with E-state index in [0.717, 1.165) is 32.1 Å². The van der Waals surface area contributed by atoms with Gasteiger partial charge in [0.2, 0.25) is 0 Å². The molecule has 3 unspecified atom stereocenters. The second-order valence-corrected chi connectivity index (χ2v) is 5.23. The molecule has 2 nitrogen and oxygen atoms in total. The van der Waals surface area contributed by atoms with Crippen molar-refractivity contribution in [3.8, 4) is 0 Å². The number of hydrogen-bond donors (Lipinski definition) is 2. The monoisotopic (exact) mass is 218 g/mol. The Bertz CT molecular complexity index is 390. The van der Waals surface area contributed by atoms with Crippen molar-refractivity contribution in [3.05, 3.63) is 35.1 Å². The lowest BCUT2D eigenvalue weighted by Crippen LogP contribution is -2.30. The van der Waals surface area contributed by atoms with Gasteiger partial charge in [0.05, 0.1) is 11.9 Å². The summed E-state index contributed by atoms with van der Waals surface area (Å²) < 4.78 is 0. The van der Waals surface area contributed by atoms with Gasteiger partial charge in [-0.1, -0.05) is 17.7 Å². The average Bonchev–Trinajstić information content (AvgIpc) is 2.28. The average molecular weight is 218 g/mol. The van der Waals surface area contributed by atoms with Crippen molar-refractivity contribution in [1.29, 1.82) is 0 Å². The van der Waals surface area contributed by atoms with Gasteiger partial charge in [-0.2, -0.15) is 0 Å². The highest BCUT2D eigenvalue weighted by Gasteiger charge is 2.35. The first-order valence-corrected chi connectivity index (χ1v) is 6.22. The van der Waals surface area contributed by atoms with Gasteiger partial charge in [-0.15, -0.1) is 0 Å². The summed E-state index contributed by atoms with van der Waals surface area (Å²) in [6.07, 6.45) is 10.8. The van der Waals surface area contributed by atoms with Crippen LogP contribution in [0.4, 0.5) is 0 Å². The second kappa shape index (κ2) is 3.77. The maximum absolute atomic E-state index is 9.67. The zero-order valence-electron chi connectivity index (χ0n) is 9.39. The summed E-state index contributed by atoms with van der Waals surface area (Å²) in [4.78, 5) is 0. The fourth-order valence-electron chi connectivity index (χ4n) is 3.38. The smallest absolute Gasteiger partial charge is 0.0925 e. The van der Waals surface area contributed by atoms with Crippen LogP contribution in [0.5, 0.6) is 0 Å². The summed E-state index contributed by atoms with van der Waals surface area (Å²) in [5.41, 5.74) is 2.70. The first-order valence-electron chi connectivity index (χ1n) is 6.22. The van der Waals surface area contributed by atoms with E-state index < -0.39 is 0 Å². The van der Waals surface area contributed by atoms with E-state index in [-0.39, 0.29) is 6.10 Å². The first kappa shape index (κ1) is 10.2. The van der Waals surface area contributed by atoms with E-state index in [2.05, 4.69) is 12.2 Å². The molecular weight excluding hydrogens is 200 g/mol. The number of hydrogen-bond acceptors (Lipinski definition) is 2. The Kier molecular flexibility index (Phi) is 2.40. The zero-order valence-corrected chi connectivity index (χ0v) is 9.39. The largest absolute Gasteiger partial charge is 0.512 e. The third-order valence-electron chi connectivity index (χ3n) is 4.21. The highest BCUT2D eigenvalue weighted by molar-refractivity contribution is 5.38. The van der Waals surface area contributed by atoms with Crippen LogP contribution in [-0.4, -0.2) is 16.3 Å². The van der Waals surface area contributed by atoms with E-state index in [4.69, 9.17) is 0 Å². The van der Waals surface area contributed by atoms with Gasteiger partial charge in [-0.3, -0.25) is 0 Å². The Balaban J connectivity index is 1.92. The van der Waals surface area contributed by atoms with Gasteiger partial charge >= 0.3 is 0 Å². The van der Waals surface area contributed by atoms with Crippen molar-refractivity contribution in [2.75, 3.05) is 0 Å².